The largest absolute Gasteiger partial charge is 0.325 e. The molecule has 1 fully saturated rings. The van der Waals surface area contributed by atoms with Crippen molar-refractivity contribution in [1.82, 2.24) is 15.1 Å². The Morgan fingerprint density at radius 2 is 2.24 bits per heavy atom. The van der Waals surface area contributed by atoms with Crippen LogP contribution in [-0.4, -0.2) is 28.8 Å². The van der Waals surface area contributed by atoms with Crippen molar-refractivity contribution in [3.63, 3.8) is 0 Å². The van der Waals surface area contributed by atoms with Crippen LogP contribution in [0.15, 0.2) is 42.7 Å². The van der Waals surface area contributed by atoms with Gasteiger partial charge in [0.1, 0.15) is 0 Å². The SMILES string of the molecule is C[C@@H]1CNC[C@H]1C(=O)Nc1ccccc1Cn1cccn1. The third-order valence-electron chi connectivity index (χ3n) is 4.02. The van der Waals surface area contributed by atoms with Crippen LogP contribution in [0.3, 0.4) is 0 Å². The molecule has 1 saturated heterocycles. The molecule has 1 aliphatic heterocycles. The summed E-state index contributed by atoms with van der Waals surface area (Å²) in [6.45, 7) is 4.43. The lowest BCUT2D eigenvalue weighted by Gasteiger charge is -2.16. The van der Waals surface area contributed by atoms with Gasteiger partial charge < -0.3 is 10.6 Å². The summed E-state index contributed by atoms with van der Waals surface area (Å²) in [5.74, 6) is 0.520. The Bertz CT molecular complexity index is 608. The number of hydrogen-bond acceptors (Lipinski definition) is 3. The van der Waals surface area contributed by atoms with Gasteiger partial charge in [0.25, 0.3) is 0 Å². The second-order valence-electron chi connectivity index (χ2n) is 5.59. The number of anilines is 1. The first-order valence-electron chi connectivity index (χ1n) is 7.31. The van der Waals surface area contributed by atoms with E-state index in [1.54, 1.807) is 6.20 Å². The van der Waals surface area contributed by atoms with Crippen molar-refractivity contribution in [2.75, 3.05) is 18.4 Å². The topological polar surface area (TPSA) is 59.0 Å². The number of hydrogen-bond donors (Lipinski definition) is 2. The van der Waals surface area contributed by atoms with Crippen LogP contribution in [0.2, 0.25) is 0 Å². The molecule has 2 atom stereocenters. The molecule has 1 aromatic heterocycles. The number of rotatable bonds is 4. The molecule has 0 spiro atoms. The first-order chi connectivity index (χ1) is 10.2. The van der Waals surface area contributed by atoms with Crippen LogP contribution < -0.4 is 10.6 Å². The first-order valence-corrected chi connectivity index (χ1v) is 7.31. The van der Waals surface area contributed by atoms with Crippen LogP contribution in [0.4, 0.5) is 5.69 Å². The Morgan fingerprint density at radius 1 is 1.38 bits per heavy atom. The summed E-state index contributed by atoms with van der Waals surface area (Å²) in [5.41, 5.74) is 1.94. The van der Waals surface area contributed by atoms with Gasteiger partial charge in [0, 0.05) is 24.6 Å². The number of carbonyl (C=O) groups excluding carboxylic acids is 1. The van der Waals surface area contributed by atoms with Gasteiger partial charge >= 0.3 is 0 Å². The first kappa shape index (κ1) is 13.8. The summed E-state index contributed by atoms with van der Waals surface area (Å²) in [4.78, 5) is 12.4. The lowest BCUT2D eigenvalue weighted by molar-refractivity contribution is -0.120. The molecule has 1 aromatic carbocycles. The fourth-order valence-electron chi connectivity index (χ4n) is 2.74. The number of nitrogens with one attached hydrogen (secondary N) is 2. The lowest BCUT2D eigenvalue weighted by Crippen LogP contribution is -2.28. The zero-order chi connectivity index (χ0) is 14.7. The minimum absolute atomic E-state index is 0.0442. The van der Waals surface area contributed by atoms with Crippen molar-refractivity contribution in [3.05, 3.63) is 48.3 Å². The number of para-hydroxylation sites is 1. The monoisotopic (exact) mass is 284 g/mol. The highest BCUT2D eigenvalue weighted by molar-refractivity contribution is 5.93. The number of carbonyl (C=O) groups is 1. The molecular formula is C16H20N4O. The summed E-state index contributed by atoms with van der Waals surface area (Å²) in [6.07, 6.45) is 3.68. The molecule has 5 nitrogen and oxygen atoms in total. The predicted molar refractivity (Wildman–Crippen MR) is 81.9 cm³/mol. The highest BCUT2D eigenvalue weighted by Gasteiger charge is 2.29. The molecule has 110 valence electrons. The van der Waals surface area contributed by atoms with Gasteiger partial charge in [0.2, 0.25) is 5.91 Å². The van der Waals surface area contributed by atoms with Crippen LogP contribution in [0.5, 0.6) is 0 Å². The quantitative estimate of drug-likeness (QED) is 0.899. The standard InChI is InChI=1S/C16H20N4O/c1-12-9-17-10-14(12)16(21)19-15-6-3-2-5-13(15)11-20-8-4-7-18-20/h2-8,12,14,17H,9-11H2,1H3,(H,19,21)/t12-,14-/m1/s1. The molecule has 3 rings (SSSR count). The summed E-state index contributed by atoms with van der Waals surface area (Å²) < 4.78 is 1.85. The van der Waals surface area contributed by atoms with E-state index in [0.717, 1.165) is 24.3 Å². The van der Waals surface area contributed by atoms with E-state index in [0.29, 0.717) is 12.5 Å². The highest BCUT2D eigenvalue weighted by atomic mass is 16.1. The molecule has 2 aromatic rings. The van der Waals surface area contributed by atoms with E-state index < -0.39 is 0 Å². The summed E-state index contributed by atoms with van der Waals surface area (Å²) in [6, 6.07) is 9.79. The number of nitrogens with zero attached hydrogens (tertiary/aromatic N) is 2. The summed E-state index contributed by atoms with van der Waals surface area (Å²) >= 11 is 0. The molecule has 1 amide bonds. The average molecular weight is 284 g/mol. The van der Waals surface area contributed by atoms with Gasteiger partial charge in [-0.25, -0.2) is 0 Å². The van der Waals surface area contributed by atoms with Crippen LogP contribution in [0, 0.1) is 11.8 Å². The molecule has 5 heteroatoms. The molecule has 0 bridgehead atoms. The predicted octanol–water partition coefficient (Wildman–Crippen LogP) is 1.73. The second kappa shape index (κ2) is 6.10. The molecule has 0 unspecified atom stereocenters. The van der Waals surface area contributed by atoms with Gasteiger partial charge in [-0.05, 0) is 30.2 Å². The van der Waals surface area contributed by atoms with Gasteiger partial charge in [-0.2, -0.15) is 5.10 Å². The third-order valence-corrected chi connectivity index (χ3v) is 4.02. The van der Waals surface area contributed by atoms with Gasteiger partial charge in [-0.1, -0.05) is 25.1 Å². The van der Waals surface area contributed by atoms with Crippen molar-refractivity contribution in [1.29, 1.82) is 0 Å². The molecule has 21 heavy (non-hydrogen) atoms. The van der Waals surface area contributed by atoms with E-state index in [1.165, 1.54) is 0 Å². The van der Waals surface area contributed by atoms with E-state index in [-0.39, 0.29) is 11.8 Å². The minimum atomic E-state index is 0.0442. The third kappa shape index (κ3) is 3.13. The van der Waals surface area contributed by atoms with Gasteiger partial charge in [-0.15, -0.1) is 0 Å². The van der Waals surface area contributed by atoms with Crippen LogP contribution in [0.1, 0.15) is 12.5 Å². The summed E-state index contributed by atoms with van der Waals surface area (Å²) in [5, 5.41) is 10.6. The van der Waals surface area contributed by atoms with E-state index in [2.05, 4.69) is 22.7 Å². The second-order valence-corrected chi connectivity index (χ2v) is 5.59. The van der Waals surface area contributed by atoms with Crippen LogP contribution in [0.25, 0.3) is 0 Å². The zero-order valence-corrected chi connectivity index (χ0v) is 12.1. The van der Waals surface area contributed by atoms with Crippen molar-refractivity contribution >= 4 is 11.6 Å². The zero-order valence-electron chi connectivity index (χ0n) is 12.1. The molecule has 2 N–H and O–H groups in total. The van der Waals surface area contributed by atoms with Gasteiger partial charge in [-0.3, -0.25) is 9.48 Å². The molecule has 2 heterocycles. The molecule has 0 radical (unpaired) electrons. The molecule has 0 aliphatic carbocycles. The Labute approximate surface area is 124 Å². The lowest BCUT2D eigenvalue weighted by atomic mass is 9.97. The fraction of sp³-hybridized carbons (Fsp3) is 0.375. The van der Waals surface area contributed by atoms with Crippen LogP contribution >= 0.6 is 0 Å². The van der Waals surface area contributed by atoms with E-state index in [9.17, 15) is 4.79 Å². The number of amides is 1. The van der Waals surface area contributed by atoms with Crippen molar-refractivity contribution in [2.24, 2.45) is 11.8 Å². The highest BCUT2D eigenvalue weighted by Crippen LogP contribution is 2.21. The molecular weight excluding hydrogens is 264 g/mol. The molecule has 0 saturated carbocycles. The Balaban J connectivity index is 1.74. The maximum atomic E-state index is 12.4. The van der Waals surface area contributed by atoms with Crippen molar-refractivity contribution < 1.29 is 4.79 Å². The van der Waals surface area contributed by atoms with Gasteiger partial charge in [0.05, 0.1) is 12.5 Å². The minimum Gasteiger partial charge on any atom is -0.325 e. The number of benzene rings is 1. The van der Waals surface area contributed by atoms with Crippen molar-refractivity contribution in [3.8, 4) is 0 Å². The van der Waals surface area contributed by atoms with E-state index >= 15 is 0 Å². The maximum Gasteiger partial charge on any atom is 0.229 e. The summed E-state index contributed by atoms with van der Waals surface area (Å²) in [7, 11) is 0. The Kier molecular flexibility index (Phi) is 4.01. The van der Waals surface area contributed by atoms with Crippen molar-refractivity contribution in [2.45, 2.75) is 13.5 Å². The normalized spacial score (nSPS) is 21.4. The molecule has 1 aliphatic rings. The number of aromatic nitrogens is 2. The average Bonchev–Trinajstić information content (AvgIpc) is 3.12. The Morgan fingerprint density at radius 3 is 2.95 bits per heavy atom. The van der Waals surface area contributed by atoms with Gasteiger partial charge in [0.15, 0.2) is 0 Å². The maximum absolute atomic E-state index is 12.4. The van der Waals surface area contributed by atoms with Crippen LogP contribution in [-0.2, 0) is 11.3 Å². The van der Waals surface area contributed by atoms with E-state index in [1.807, 2.05) is 41.2 Å². The Hall–Kier alpha value is -2.14. The fourth-order valence-corrected chi connectivity index (χ4v) is 2.74. The van der Waals surface area contributed by atoms with E-state index in [4.69, 9.17) is 0 Å². The smallest absolute Gasteiger partial charge is 0.229 e.